The van der Waals surface area contributed by atoms with Gasteiger partial charge in [0.05, 0.1) is 5.56 Å². The number of carboxylic acids is 1. The highest BCUT2D eigenvalue weighted by Gasteiger charge is 1.99. The summed E-state index contributed by atoms with van der Waals surface area (Å²) in [5.41, 5.74) is 0.672. The second-order valence-electron chi connectivity index (χ2n) is 2.05. The van der Waals surface area contributed by atoms with Gasteiger partial charge in [0.25, 0.3) is 0 Å². The van der Waals surface area contributed by atoms with Gasteiger partial charge in [-0.2, -0.15) is 0 Å². The lowest BCUT2D eigenvalue weighted by atomic mass is 10.1. The van der Waals surface area contributed by atoms with Gasteiger partial charge in [-0.15, -0.1) is 0 Å². The van der Waals surface area contributed by atoms with Crippen molar-refractivity contribution in [3.8, 4) is 0 Å². The largest absolute Gasteiger partial charge is 0.478 e. The summed E-state index contributed by atoms with van der Waals surface area (Å²) < 4.78 is 0. The topological polar surface area (TPSA) is 82.9 Å². The van der Waals surface area contributed by atoms with E-state index in [9.17, 15) is 9.59 Å². The Kier molecular flexibility index (Phi) is 3.66. The molecule has 12 heavy (non-hydrogen) atoms. The first-order valence-corrected chi connectivity index (χ1v) is 3.02. The number of rotatable bonds is 2. The van der Waals surface area contributed by atoms with Crippen molar-refractivity contribution in [2.24, 2.45) is 0 Å². The van der Waals surface area contributed by atoms with Gasteiger partial charge in [0.1, 0.15) is 6.29 Å². The van der Waals surface area contributed by atoms with Crippen LogP contribution in [0.1, 0.15) is 20.7 Å². The normalized spacial score (nSPS) is 8.33. The first kappa shape index (κ1) is 10.3. The molecule has 0 saturated heterocycles. The molecule has 0 heterocycles. The first-order valence-electron chi connectivity index (χ1n) is 3.02. The van der Waals surface area contributed by atoms with E-state index >= 15 is 0 Å². The molecule has 0 aliphatic carbocycles. The fourth-order valence-corrected chi connectivity index (χ4v) is 0.704. The minimum absolute atomic E-state index is 0. The van der Waals surface area contributed by atoms with Crippen LogP contribution in [0.25, 0.3) is 0 Å². The zero-order valence-corrected chi connectivity index (χ0v) is 6.06. The van der Waals surface area contributed by atoms with E-state index in [1.807, 2.05) is 0 Å². The molecule has 0 bridgehead atoms. The molecule has 0 aromatic heterocycles. The maximum atomic E-state index is 10.3. The van der Waals surface area contributed by atoms with E-state index < -0.39 is 5.97 Å². The number of carboxylic acid groups (broad SMARTS) is 1. The smallest absolute Gasteiger partial charge is 0.335 e. The van der Waals surface area contributed by atoms with E-state index in [1.54, 1.807) is 0 Å². The minimum atomic E-state index is -0.984. The molecule has 1 aromatic rings. The van der Waals surface area contributed by atoms with Gasteiger partial charge < -0.3 is 5.11 Å². The number of carbonyl (C=O) groups excluding carboxylic acids is 1. The third-order valence-corrected chi connectivity index (χ3v) is 1.29. The number of hydrogen-bond acceptors (Lipinski definition) is 2. The molecule has 62 valence electrons. The molecule has 1 aromatic carbocycles. The predicted octanol–water partition coefficient (Wildman–Crippen LogP) is 1.08. The SMILES string of the molecule is O=Cc1ccc(C(=O)O)cc1.[O]. The van der Waals surface area contributed by atoms with Crippen LogP contribution in [0.15, 0.2) is 24.3 Å². The first-order chi connectivity index (χ1) is 5.24. The third kappa shape index (κ3) is 2.17. The molecule has 0 fully saturated rings. The maximum absolute atomic E-state index is 10.3. The summed E-state index contributed by atoms with van der Waals surface area (Å²) in [6, 6.07) is 5.73. The summed E-state index contributed by atoms with van der Waals surface area (Å²) in [4.78, 5) is 20.5. The molecule has 4 nitrogen and oxygen atoms in total. The monoisotopic (exact) mass is 166 g/mol. The van der Waals surface area contributed by atoms with Gasteiger partial charge in [-0.1, -0.05) is 12.1 Å². The maximum Gasteiger partial charge on any atom is 0.335 e. The van der Waals surface area contributed by atoms with E-state index in [2.05, 4.69) is 0 Å². The lowest BCUT2D eigenvalue weighted by Gasteiger charge is -1.92. The van der Waals surface area contributed by atoms with E-state index in [0.717, 1.165) is 0 Å². The van der Waals surface area contributed by atoms with Crippen LogP contribution in [0.4, 0.5) is 0 Å². The van der Waals surface area contributed by atoms with Crippen molar-refractivity contribution in [2.75, 3.05) is 0 Å². The Morgan fingerprint density at radius 2 is 1.75 bits per heavy atom. The second kappa shape index (κ2) is 4.25. The number of aromatic carboxylic acids is 1. The van der Waals surface area contributed by atoms with Crippen molar-refractivity contribution in [3.63, 3.8) is 0 Å². The summed E-state index contributed by atoms with van der Waals surface area (Å²) >= 11 is 0. The minimum Gasteiger partial charge on any atom is -0.478 e. The van der Waals surface area contributed by atoms with Crippen molar-refractivity contribution < 1.29 is 20.2 Å². The number of carbonyl (C=O) groups is 2. The van der Waals surface area contributed by atoms with Gasteiger partial charge in [-0.3, -0.25) is 4.79 Å². The van der Waals surface area contributed by atoms with Crippen LogP contribution in [-0.4, -0.2) is 17.4 Å². The Hall–Kier alpha value is -1.68. The van der Waals surface area contributed by atoms with E-state index in [0.29, 0.717) is 11.8 Å². The average Bonchev–Trinajstić information content (AvgIpc) is 2.05. The number of hydrogen-bond donors (Lipinski definition) is 1. The lowest BCUT2D eigenvalue weighted by Crippen LogP contribution is -1.95. The molecule has 1 N–H and O–H groups in total. The summed E-state index contributed by atoms with van der Waals surface area (Å²) in [6.07, 6.45) is 0.672. The summed E-state index contributed by atoms with van der Waals surface area (Å²) in [7, 11) is 0. The molecule has 0 amide bonds. The third-order valence-electron chi connectivity index (χ3n) is 1.29. The molecule has 0 atom stereocenters. The molecule has 0 aliphatic heterocycles. The standard InChI is InChI=1S/C8H6O3.O/c9-5-6-1-3-7(4-2-6)8(10)11;/h1-5H,(H,10,11);. The van der Waals surface area contributed by atoms with Crippen molar-refractivity contribution >= 4 is 12.3 Å². The molecule has 4 heteroatoms. The highest BCUT2D eigenvalue weighted by atomic mass is 16.4. The molecule has 0 aliphatic rings. The summed E-state index contributed by atoms with van der Waals surface area (Å²) in [5.74, 6) is -0.984. The van der Waals surface area contributed by atoms with Gasteiger partial charge >= 0.3 is 5.97 Å². The molecule has 2 radical (unpaired) electrons. The Labute approximate surface area is 68.8 Å². The Bertz CT molecular complexity index is 276. The van der Waals surface area contributed by atoms with Crippen LogP contribution in [-0.2, 0) is 5.48 Å². The van der Waals surface area contributed by atoms with Gasteiger partial charge in [-0.25, -0.2) is 4.79 Å². The van der Waals surface area contributed by atoms with E-state index in [-0.39, 0.29) is 11.0 Å². The fraction of sp³-hybridized carbons (Fsp3) is 0. The molecular formula is C8H6O4. The fourth-order valence-electron chi connectivity index (χ4n) is 0.704. The molecular weight excluding hydrogens is 160 g/mol. The van der Waals surface area contributed by atoms with Crippen LogP contribution in [0.3, 0.4) is 0 Å². The molecule has 1 rings (SSSR count). The van der Waals surface area contributed by atoms with Gasteiger partial charge in [0.2, 0.25) is 0 Å². The van der Waals surface area contributed by atoms with E-state index in [4.69, 9.17) is 5.11 Å². The zero-order chi connectivity index (χ0) is 8.27. The van der Waals surface area contributed by atoms with E-state index in [1.165, 1.54) is 24.3 Å². The Morgan fingerprint density at radius 1 is 1.25 bits per heavy atom. The molecule has 0 saturated carbocycles. The summed E-state index contributed by atoms with van der Waals surface area (Å²) in [6.45, 7) is 0. The second-order valence-corrected chi connectivity index (χ2v) is 2.05. The average molecular weight is 166 g/mol. The summed E-state index contributed by atoms with van der Waals surface area (Å²) in [5, 5.41) is 8.46. The van der Waals surface area contributed by atoms with Crippen LogP contribution >= 0.6 is 0 Å². The highest BCUT2D eigenvalue weighted by molar-refractivity contribution is 5.88. The van der Waals surface area contributed by atoms with Crippen molar-refractivity contribution in [3.05, 3.63) is 35.4 Å². The van der Waals surface area contributed by atoms with Crippen molar-refractivity contribution in [1.82, 2.24) is 0 Å². The highest BCUT2D eigenvalue weighted by Crippen LogP contribution is 2.01. The lowest BCUT2D eigenvalue weighted by molar-refractivity contribution is 0.0696. The number of benzene rings is 1. The Balaban J connectivity index is 0.00000121. The van der Waals surface area contributed by atoms with Gasteiger partial charge in [0.15, 0.2) is 0 Å². The molecule has 0 spiro atoms. The van der Waals surface area contributed by atoms with Crippen molar-refractivity contribution in [2.45, 2.75) is 0 Å². The van der Waals surface area contributed by atoms with Gasteiger partial charge in [-0.05, 0) is 12.1 Å². The van der Waals surface area contributed by atoms with Crippen LogP contribution in [0.2, 0.25) is 0 Å². The van der Waals surface area contributed by atoms with Gasteiger partial charge in [0, 0.05) is 11.0 Å². The zero-order valence-electron chi connectivity index (χ0n) is 6.06. The van der Waals surface area contributed by atoms with Crippen LogP contribution in [0.5, 0.6) is 0 Å². The Morgan fingerprint density at radius 3 is 2.08 bits per heavy atom. The van der Waals surface area contributed by atoms with Crippen molar-refractivity contribution in [1.29, 1.82) is 0 Å². The van der Waals surface area contributed by atoms with Crippen LogP contribution in [0, 0.1) is 0 Å². The quantitative estimate of drug-likeness (QED) is 0.667. The predicted molar refractivity (Wildman–Crippen MR) is 39.5 cm³/mol. The van der Waals surface area contributed by atoms with Crippen LogP contribution < -0.4 is 0 Å². The molecule has 0 unspecified atom stereocenters. The number of aldehydes is 1.